The first-order valence-electron chi connectivity index (χ1n) is 3.29. The molecule has 0 aromatic carbocycles. The van der Waals surface area contributed by atoms with Crippen LogP contribution < -0.4 is 0 Å². The van der Waals surface area contributed by atoms with E-state index in [0.29, 0.717) is 0 Å². The lowest BCUT2D eigenvalue weighted by atomic mass is 10.3. The van der Waals surface area contributed by atoms with Crippen molar-refractivity contribution in [3.05, 3.63) is 22.8 Å². The third-order valence-electron chi connectivity index (χ3n) is 1.08. The molecule has 80 valence electrons. The summed E-state index contributed by atoms with van der Waals surface area (Å²) in [6, 6.07) is 0. The van der Waals surface area contributed by atoms with Crippen molar-refractivity contribution < 1.29 is 27.6 Å². The number of alkyl halides is 3. The van der Waals surface area contributed by atoms with Crippen LogP contribution in [0.4, 0.5) is 13.2 Å². The minimum absolute atomic E-state index is 0.756. The van der Waals surface area contributed by atoms with Crippen LogP contribution in [0.25, 0.3) is 0 Å². The van der Waals surface area contributed by atoms with E-state index in [2.05, 4.69) is 11.3 Å². The van der Waals surface area contributed by atoms with Gasteiger partial charge in [-0.15, -0.1) is 0 Å². The first-order valence-corrected chi connectivity index (χ1v) is 3.29. The topological polar surface area (TPSA) is 69.4 Å². The van der Waals surface area contributed by atoms with Gasteiger partial charge in [-0.05, 0) is 6.08 Å². The maximum Gasteiger partial charge on any atom is 0.490 e. The van der Waals surface area contributed by atoms with Crippen LogP contribution >= 0.6 is 0 Å². The molecule has 5 nitrogen and oxygen atoms in total. The molecule has 0 rings (SSSR count). The number of carbonyl (C=O) groups is 1. The van der Waals surface area contributed by atoms with Gasteiger partial charge in [-0.3, -0.25) is 10.1 Å². The third kappa shape index (κ3) is 4.43. The van der Waals surface area contributed by atoms with Gasteiger partial charge in [0.15, 0.2) is 6.10 Å². The molecule has 8 heteroatoms. The highest BCUT2D eigenvalue weighted by Gasteiger charge is 2.42. The van der Waals surface area contributed by atoms with Gasteiger partial charge in [0.05, 0.1) is 0 Å². The Morgan fingerprint density at radius 3 is 2.43 bits per heavy atom. The van der Waals surface area contributed by atoms with Gasteiger partial charge < -0.3 is 4.74 Å². The van der Waals surface area contributed by atoms with Crippen molar-refractivity contribution in [2.75, 3.05) is 6.54 Å². The van der Waals surface area contributed by atoms with E-state index in [-0.39, 0.29) is 0 Å². The fourth-order valence-corrected chi connectivity index (χ4v) is 0.511. The molecule has 1 atom stereocenters. The van der Waals surface area contributed by atoms with Gasteiger partial charge in [0, 0.05) is 4.92 Å². The van der Waals surface area contributed by atoms with Gasteiger partial charge in [-0.1, -0.05) is 6.58 Å². The van der Waals surface area contributed by atoms with Crippen molar-refractivity contribution in [2.45, 2.75) is 12.3 Å². The molecule has 0 aromatic heterocycles. The van der Waals surface area contributed by atoms with Gasteiger partial charge in [0.1, 0.15) is 0 Å². The molecular formula is C6H6F3NO4. The molecule has 0 aliphatic carbocycles. The number of ether oxygens (including phenoxy) is 1. The maximum atomic E-state index is 11.6. The van der Waals surface area contributed by atoms with Crippen molar-refractivity contribution in [3.8, 4) is 0 Å². The second-order valence-electron chi connectivity index (χ2n) is 2.19. The lowest BCUT2D eigenvalue weighted by Crippen LogP contribution is -2.32. The molecule has 0 aliphatic heterocycles. The van der Waals surface area contributed by atoms with Gasteiger partial charge in [-0.25, -0.2) is 4.79 Å². The smallest absolute Gasteiger partial charge is 0.444 e. The molecule has 0 saturated carbocycles. The summed E-state index contributed by atoms with van der Waals surface area (Å²) in [6.45, 7) is 2.06. The SMILES string of the molecule is C=CC(C[N+](=O)[O-])OC(=O)C(F)(F)F. The quantitative estimate of drug-likeness (QED) is 0.301. The summed E-state index contributed by atoms with van der Waals surface area (Å²) >= 11 is 0. The minimum atomic E-state index is -5.15. The number of nitro groups is 1. The van der Waals surface area contributed by atoms with E-state index < -0.39 is 29.7 Å². The minimum Gasteiger partial charge on any atom is -0.444 e. The van der Waals surface area contributed by atoms with Crippen LogP contribution in [0, 0.1) is 10.1 Å². The summed E-state index contributed by atoms with van der Waals surface area (Å²) in [5.74, 6) is -2.47. The number of carbonyl (C=O) groups excluding carboxylic acids is 1. The zero-order chi connectivity index (χ0) is 11.4. The molecule has 0 spiro atoms. The molecule has 0 aromatic rings. The van der Waals surface area contributed by atoms with Gasteiger partial charge in [-0.2, -0.15) is 13.2 Å². The molecule has 0 radical (unpaired) electrons. The number of hydrogen-bond donors (Lipinski definition) is 0. The molecular weight excluding hydrogens is 207 g/mol. The Kier molecular flexibility index (Phi) is 4.06. The summed E-state index contributed by atoms with van der Waals surface area (Å²) in [5.41, 5.74) is 0. The Bertz CT molecular complexity index is 250. The summed E-state index contributed by atoms with van der Waals surface area (Å²) in [4.78, 5) is 19.2. The Labute approximate surface area is 76.3 Å². The van der Waals surface area contributed by atoms with Crippen LogP contribution in [-0.2, 0) is 9.53 Å². The predicted octanol–water partition coefficient (Wildman–Crippen LogP) is 0.923. The van der Waals surface area contributed by atoms with E-state index in [4.69, 9.17) is 0 Å². The molecule has 0 N–H and O–H groups in total. The number of hydrogen-bond acceptors (Lipinski definition) is 4. The number of rotatable bonds is 4. The van der Waals surface area contributed by atoms with Crippen LogP contribution in [-0.4, -0.2) is 29.7 Å². The highest BCUT2D eigenvalue weighted by atomic mass is 19.4. The van der Waals surface area contributed by atoms with Crippen LogP contribution in [0.5, 0.6) is 0 Å². The van der Waals surface area contributed by atoms with Crippen LogP contribution in [0.3, 0.4) is 0 Å². The van der Waals surface area contributed by atoms with Crippen molar-refractivity contribution >= 4 is 5.97 Å². The van der Waals surface area contributed by atoms with Crippen LogP contribution in [0.15, 0.2) is 12.7 Å². The molecule has 1 unspecified atom stereocenters. The summed E-state index contributed by atoms with van der Waals surface area (Å²) in [7, 11) is 0. The molecule has 0 amide bonds. The van der Waals surface area contributed by atoms with Crippen molar-refractivity contribution in [3.63, 3.8) is 0 Å². The van der Waals surface area contributed by atoms with E-state index >= 15 is 0 Å². The summed E-state index contributed by atoms with van der Waals surface area (Å²) in [6.07, 6.45) is -5.97. The average molecular weight is 213 g/mol. The second-order valence-corrected chi connectivity index (χ2v) is 2.19. The van der Waals surface area contributed by atoms with E-state index in [0.717, 1.165) is 6.08 Å². The fourth-order valence-electron chi connectivity index (χ4n) is 0.511. The highest BCUT2D eigenvalue weighted by molar-refractivity contribution is 5.75. The summed E-state index contributed by atoms with van der Waals surface area (Å²) < 4.78 is 38.6. The third-order valence-corrected chi connectivity index (χ3v) is 1.08. The number of nitrogens with zero attached hydrogens (tertiary/aromatic N) is 1. The first-order chi connectivity index (χ1) is 6.27. The van der Waals surface area contributed by atoms with E-state index in [1.165, 1.54) is 0 Å². The fraction of sp³-hybridized carbons (Fsp3) is 0.500. The summed E-state index contributed by atoms with van der Waals surface area (Å²) in [5, 5.41) is 9.89. The lowest BCUT2D eigenvalue weighted by molar-refractivity contribution is -0.487. The zero-order valence-corrected chi connectivity index (χ0v) is 6.78. The first kappa shape index (κ1) is 12.4. The van der Waals surface area contributed by atoms with Crippen molar-refractivity contribution in [1.82, 2.24) is 0 Å². The largest absolute Gasteiger partial charge is 0.490 e. The normalized spacial score (nSPS) is 13.1. The Morgan fingerprint density at radius 2 is 2.14 bits per heavy atom. The van der Waals surface area contributed by atoms with Gasteiger partial charge in [0.2, 0.25) is 6.54 Å². The average Bonchev–Trinajstić information content (AvgIpc) is 2.00. The van der Waals surface area contributed by atoms with E-state index in [1.54, 1.807) is 0 Å². The Balaban J connectivity index is 4.26. The van der Waals surface area contributed by atoms with Gasteiger partial charge >= 0.3 is 12.1 Å². The zero-order valence-electron chi connectivity index (χ0n) is 6.78. The molecule has 0 fully saturated rings. The standard InChI is InChI=1S/C6H6F3NO4/c1-2-4(3-10(12)13)14-5(11)6(7,8)9/h2,4H,1,3H2. The monoisotopic (exact) mass is 213 g/mol. The van der Waals surface area contributed by atoms with Crippen molar-refractivity contribution in [1.29, 1.82) is 0 Å². The highest BCUT2D eigenvalue weighted by Crippen LogP contribution is 2.17. The lowest BCUT2D eigenvalue weighted by Gasteiger charge is -2.11. The van der Waals surface area contributed by atoms with Gasteiger partial charge in [0.25, 0.3) is 0 Å². The van der Waals surface area contributed by atoms with E-state index in [1.807, 2.05) is 0 Å². The Hall–Kier alpha value is -1.60. The molecule has 0 saturated heterocycles. The predicted molar refractivity (Wildman–Crippen MR) is 38.0 cm³/mol. The second kappa shape index (κ2) is 4.58. The van der Waals surface area contributed by atoms with E-state index in [9.17, 15) is 28.1 Å². The maximum absolute atomic E-state index is 11.6. The Morgan fingerprint density at radius 1 is 1.64 bits per heavy atom. The van der Waals surface area contributed by atoms with Crippen LogP contribution in [0.1, 0.15) is 0 Å². The molecule has 14 heavy (non-hydrogen) atoms. The van der Waals surface area contributed by atoms with Crippen LogP contribution in [0.2, 0.25) is 0 Å². The number of esters is 1. The molecule has 0 aliphatic rings. The molecule has 0 bridgehead atoms. The van der Waals surface area contributed by atoms with Crippen molar-refractivity contribution in [2.24, 2.45) is 0 Å². The number of halogens is 3. The molecule has 0 heterocycles.